The van der Waals surface area contributed by atoms with Crippen molar-refractivity contribution in [3.05, 3.63) is 35.9 Å². The van der Waals surface area contributed by atoms with Crippen LogP contribution in [0.15, 0.2) is 30.3 Å². The van der Waals surface area contributed by atoms with Gasteiger partial charge in [0, 0.05) is 19.8 Å². The number of rotatable bonds is 6. The van der Waals surface area contributed by atoms with E-state index in [-0.39, 0.29) is 11.9 Å². The van der Waals surface area contributed by atoms with Crippen LogP contribution in [-0.2, 0) is 9.53 Å². The molecular weight excluding hydrogens is 216 g/mol. The molecule has 0 heterocycles. The van der Waals surface area contributed by atoms with Crippen LogP contribution < -0.4 is 11.1 Å². The summed E-state index contributed by atoms with van der Waals surface area (Å²) in [6.45, 7) is 2.57. The van der Waals surface area contributed by atoms with Gasteiger partial charge >= 0.3 is 0 Å². The minimum Gasteiger partial charge on any atom is -0.385 e. The molecular formula is C13H20N2O2. The maximum atomic E-state index is 11.8. The zero-order valence-electron chi connectivity index (χ0n) is 10.3. The summed E-state index contributed by atoms with van der Waals surface area (Å²) in [6, 6.07) is 8.80. The van der Waals surface area contributed by atoms with Crippen molar-refractivity contribution in [2.75, 3.05) is 13.7 Å². The number of hydrogen-bond acceptors (Lipinski definition) is 3. The number of ether oxygens (including phenoxy) is 1. The van der Waals surface area contributed by atoms with Crippen LogP contribution in [0.25, 0.3) is 0 Å². The second-order valence-electron chi connectivity index (χ2n) is 4.08. The lowest BCUT2D eigenvalue weighted by molar-refractivity contribution is -0.123. The van der Waals surface area contributed by atoms with Crippen molar-refractivity contribution in [1.82, 2.24) is 5.32 Å². The molecule has 0 saturated heterocycles. The number of nitrogens with two attached hydrogens (primary N) is 1. The summed E-state index contributed by atoms with van der Waals surface area (Å²) in [5, 5.41) is 2.87. The SMILES string of the molecule is COCCC(C)NC(=O)[C@@H](N)c1ccccc1. The standard InChI is InChI=1S/C13H20N2O2/c1-10(8-9-17-2)15-13(16)12(14)11-6-4-3-5-7-11/h3-7,10,12H,8-9,14H2,1-2H3,(H,15,16)/t10?,12-/m0/s1. The maximum Gasteiger partial charge on any atom is 0.241 e. The van der Waals surface area contributed by atoms with Crippen molar-refractivity contribution >= 4 is 5.91 Å². The fourth-order valence-corrected chi connectivity index (χ4v) is 1.51. The lowest BCUT2D eigenvalue weighted by atomic mass is 10.1. The molecule has 1 aromatic carbocycles. The lowest BCUT2D eigenvalue weighted by Gasteiger charge is -2.17. The first-order valence-corrected chi connectivity index (χ1v) is 5.75. The molecule has 4 nitrogen and oxygen atoms in total. The van der Waals surface area contributed by atoms with Crippen LogP contribution in [0.5, 0.6) is 0 Å². The third-order valence-corrected chi connectivity index (χ3v) is 2.58. The van der Waals surface area contributed by atoms with Gasteiger partial charge in [-0.25, -0.2) is 0 Å². The molecule has 0 fully saturated rings. The Morgan fingerprint density at radius 1 is 1.41 bits per heavy atom. The van der Waals surface area contributed by atoms with Gasteiger partial charge in [0.2, 0.25) is 5.91 Å². The Morgan fingerprint density at radius 2 is 2.06 bits per heavy atom. The van der Waals surface area contributed by atoms with Crippen LogP contribution in [0.1, 0.15) is 24.9 Å². The molecule has 3 N–H and O–H groups in total. The van der Waals surface area contributed by atoms with E-state index in [1.54, 1.807) is 7.11 Å². The van der Waals surface area contributed by atoms with E-state index in [1.807, 2.05) is 37.3 Å². The molecule has 2 atom stereocenters. The molecule has 1 amide bonds. The van der Waals surface area contributed by atoms with Crippen molar-refractivity contribution < 1.29 is 9.53 Å². The number of methoxy groups -OCH3 is 1. The Hall–Kier alpha value is -1.39. The van der Waals surface area contributed by atoms with Gasteiger partial charge in [-0.1, -0.05) is 30.3 Å². The Labute approximate surface area is 102 Å². The molecule has 0 saturated carbocycles. The van der Waals surface area contributed by atoms with Crippen LogP contribution >= 0.6 is 0 Å². The average Bonchev–Trinajstić information content (AvgIpc) is 2.36. The van der Waals surface area contributed by atoms with Crippen LogP contribution in [0.2, 0.25) is 0 Å². The molecule has 1 unspecified atom stereocenters. The van der Waals surface area contributed by atoms with Crippen molar-refractivity contribution in [2.24, 2.45) is 5.73 Å². The number of carbonyl (C=O) groups excluding carboxylic acids is 1. The highest BCUT2D eigenvalue weighted by molar-refractivity contribution is 5.83. The summed E-state index contributed by atoms with van der Waals surface area (Å²) in [4.78, 5) is 11.8. The van der Waals surface area contributed by atoms with Gasteiger partial charge in [0.1, 0.15) is 6.04 Å². The Bertz CT molecular complexity index is 341. The molecule has 1 rings (SSSR count). The number of nitrogens with one attached hydrogen (secondary N) is 1. The van der Waals surface area contributed by atoms with E-state index in [0.717, 1.165) is 12.0 Å². The van der Waals surface area contributed by atoms with Crippen molar-refractivity contribution in [1.29, 1.82) is 0 Å². The third kappa shape index (κ3) is 4.54. The largest absolute Gasteiger partial charge is 0.385 e. The van der Waals surface area contributed by atoms with Crippen molar-refractivity contribution in [3.63, 3.8) is 0 Å². The molecule has 0 aromatic heterocycles. The average molecular weight is 236 g/mol. The normalized spacial score (nSPS) is 14.1. The molecule has 0 aliphatic carbocycles. The maximum absolute atomic E-state index is 11.8. The molecule has 0 aliphatic rings. The minimum atomic E-state index is -0.610. The van der Waals surface area contributed by atoms with E-state index in [1.165, 1.54) is 0 Å². The molecule has 0 bridgehead atoms. The van der Waals surface area contributed by atoms with Gasteiger partial charge in [0.25, 0.3) is 0 Å². The third-order valence-electron chi connectivity index (χ3n) is 2.58. The number of amides is 1. The summed E-state index contributed by atoms with van der Waals surface area (Å²) in [6.07, 6.45) is 0.781. The first kappa shape index (κ1) is 13.7. The van der Waals surface area contributed by atoms with Gasteiger partial charge in [-0.3, -0.25) is 4.79 Å². The van der Waals surface area contributed by atoms with Crippen LogP contribution in [0.3, 0.4) is 0 Å². The fraction of sp³-hybridized carbons (Fsp3) is 0.462. The van der Waals surface area contributed by atoms with Crippen molar-refractivity contribution in [3.8, 4) is 0 Å². The van der Waals surface area contributed by atoms with Gasteiger partial charge in [0.05, 0.1) is 0 Å². The second-order valence-corrected chi connectivity index (χ2v) is 4.08. The monoisotopic (exact) mass is 236 g/mol. The van der Waals surface area contributed by atoms with E-state index in [0.29, 0.717) is 6.61 Å². The highest BCUT2D eigenvalue weighted by Crippen LogP contribution is 2.09. The molecule has 0 radical (unpaired) electrons. The van der Waals surface area contributed by atoms with E-state index in [4.69, 9.17) is 10.5 Å². The van der Waals surface area contributed by atoms with Crippen LogP contribution in [-0.4, -0.2) is 25.7 Å². The topological polar surface area (TPSA) is 64.3 Å². The van der Waals surface area contributed by atoms with Crippen LogP contribution in [0.4, 0.5) is 0 Å². The Balaban J connectivity index is 2.47. The fourth-order valence-electron chi connectivity index (χ4n) is 1.51. The number of benzene rings is 1. The summed E-state index contributed by atoms with van der Waals surface area (Å²) in [5.41, 5.74) is 6.70. The molecule has 4 heteroatoms. The predicted molar refractivity (Wildman–Crippen MR) is 67.5 cm³/mol. The Kier molecular flexibility index (Phi) is 5.66. The molecule has 0 spiro atoms. The first-order chi connectivity index (χ1) is 8.15. The zero-order valence-corrected chi connectivity index (χ0v) is 10.3. The summed E-state index contributed by atoms with van der Waals surface area (Å²) >= 11 is 0. The molecule has 17 heavy (non-hydrogen) atoms. The smallest absolute Gasteiger partial charge is 0.241 e. The first-order valence-electron chi connectivity index (χ1n) is 5.75. The summed E-state index contributed by atoms with van der Waals surface area (Å²) in [7, 11) is 1.64. The minimum absolute atomic E-state index is 0.0669. The number of carbonyl (C=O) groups is 1. The lowest BCUT2D eigenvalue weighted by Crippen LogP contribution is -2.39. The van der Waals surface area contributed by atoms with Gasteiger partial charge in [0.15, 0.2) is 0 Å². The highest BCUT2D eigenvalue weighted by atomic mass is 16.5. The molecule has 0 aliphatic heterocycles. The van der Waals surface area contributed by atoms with E-state index >= 15 is 0 Å². The highest BCUT2D eigenvalue weighted by Gasteiger charge is 2.16. The quantitative estimate of drug-likeness (QED) is 0.780. The second kappa shape index (κ2) is 7.04. The molecule has 94 valence electrons. The van der Waals surface area contributed by atoms with Crippen LogP contribution in [0, 0.1) is 0 Å². The van der Waals surface area contributed by atoms with Gasteiger partial charge in [-0.2, -0.15) is 0 Å². The van der Waals surface area contributed by atoms with Crippen molar-refractivity contribution in [2.45, 2.75) is 25.4 Å². The van der Waals surface area contributed by atoms with Gasteiger partial charge in [-0.15, -0.1) is 0 Å². The van der Waals surface area contributed by atoms with E-state index < -0.39 is 6.04 Å². The Morgan fingerprint density at radius 3 is 2.65 bits per heavy atom. The summed E-state index contributed by atoms with van der Waals surface area (Å²) in [5.74, 6) is -0.153. The van der Waals surface area contributed by atoms with E-state index in [9.17, 15) is 4.79 Å². The van der Waals surface area contributed by atoms with Gasteiger partial charge < -0.3 is 15.8 Å². The zero-order chi connectivity index (χ0) is 12.7. The van der Waals surface area contributed by atoms with Gasteiger partial charge in [-0.05, 0) is 18.9 Å². The molecule has 1 aromatic rings. The predicted octanol–water partition coefficient (Wildman–Crippen LogP) is 1.23. The number of hydrogen-bond donors (Lipinski definition) is 2. The summed E-state index contributed by atoms with van der Waals surface area (Å²) < 4.78 is 4.96. The van der Waals surface area contributed by atoms with E-state index in [2.05, 4.69) is 5.32 Å².